The number of nitrogens with zero attached hydrogens (tertiary/aromatic N) is 2. The molecule has 2 rings (SSSR count). The van der Waals surface area contributed by atoms with E-state index < -0.39 is 0 Å². The van der Waals surface area contributed by atoms with Crippen molar-refractivity contribution < 1.29 is 8.81 Å². The van der Waals surface area contributed by atoms with Crippen LogP contribution in [0.1, 0.15) is 26.5 Å². The van der Waals surface area contributed by atoms with Gasteiger partial charge in [-0.2, -0.15) is 0 Å². The lowest BCUT2D eigenvalue weighted by Gasteiger charge is -2.20. The Morgan fingerprint density at radius 3 is 2.64 bits per heavy atom. The highest BCUT2D eigenvalue weighted by atomic mass is 19.1. The second-order valence-corrected chi connectivity index (χ2v) is 6.04. The summed E-state index contributed by atoms with van der Waals surface area (Å²) in [7, 11) is 0. The first-order valence-corrected chi connectivity index (χ1v) is 7.12. The van der Waals surface area contributed by atoms with Crippen LogP contribution in [-0.4, -0.2) is 23.0 Å². The van der Waals surface area contributed by atoms with Gasteiger partial charge in [0.15, 0.2) is 5.96 Å². The van der Waals surface area contributed by atoms with E-state index in [1.807, 2.05) is 20.8 Å². The van der Waals surface area contributed by atoms with Gasteiger partial charge < -0.3 is 15.5 Å². The molecule has 3 N–H and O–H groups in total. The van der Waals surface area contributed by atoms with Crippen molar-refractivity contribution in [2.75, 3.05) is 6.54 Å². The minimum Gasteiger partial charge on any atom is -0.444 e. The number of aromatic nitrogens is 1. The lowest BCUT2D eigenvalue weighted by Crippen LogP contribution is -2.45. The Labute approximate surface area is 129 Å². The lowest BCUT2D eigenvalue weighted by molar-refractivity contribution is 0.508. The van der Waals surface area contributed by atoms with Gasteiger partial charge >= 0.3 is 0 Å². The number of hydrogen-bond donors (Lipinski definition) is 2. The van der Waals surface area contributed by atoms with E-state index in [2.05, 4.69) is 15.3 Å². The molecule has 118 valence electrons. The van der Waals surface area contributed by atoms with Crippen LogP contribution in [0.25, 0.3) is 11.5 Å². The van der Waals surface area contributed by atoms with Gasteiger partial charge in [0.2, 0.25) is 5.89 Å². The van der Waals surface area contributed by atoms with Crippen molar-refractivity contribution in [1.29, 1.82) is 0 Å². The molecule has 2 aromatic rings. The summed E-state index contributed by atoms with van der Waals surface area (Å²) in [6.07, 6.45) is 2.21. The van der Waals surface area contributed by atoms with E-state index in [1.54, 1.807) is 18.4 Å². The molecule has 1 aromatic heterocycles. The largest absolute Gasteiger partial charge is 0.444 e. The van der Waals surface area contributed by atoms with Gasteiger partial charge in [-0.25, -0.2) is 9.37 Å². The number of halogens is 1. The van der Waals surface area contributed by atoms with Crippen LogP contribution in [0.3, 0.4) is 0 Å². The number of nitrogens with one attached hydrogen (secondary N) is 1. The Hall–Kier alpha value is -2.37. The third-order valence-electron chi connectivity index (χ3n) is 2.80. The molecule has 0 saturated heterocycles. The van der Waals surface area contributed by atoms with Crippen molar-refractivity contribution in [2.45, 2.75) is 32.7 Å². The first-order chi connectivity index (χ1) is 10.3. The van der Waals surface area contributed by atoms with Crippen LogP contribution in [0.15, 0.2) is 39.9 Å². The standard InChI is InChI=1S/C16H21FN4O/c1-16(2,3)21-15(18)19-9-8-13-10-22-14(20-13)11-4-6-12(17)7-5-11/h4-7,10H,8-9H2,1-3H3,(H3,18,19,21). The minimum atomic E-state index is -0.285. The molecule has 1 heterocycles. The summed E-state index contributed by atoms with van der Waals surface area (Å²) in [6.45, 7) is 6.57. The zero-order valence-electron chi connectivity index (χ0n) is 13.1. The van der Waals surface area contributed by atoms with E-state index in [4.69, 9.17) is 10.2 Å². The summed E-state index contributed by atoms with van der Waals surface area (Å²) >= 11 is 0. The third kappa shape index (κ3) is 4.87. The third-order valence-corrected chi connectivity index (χ3v) is 2.80. The van der Waals surface area contributed by atoms with Gasteiger partial charge in [0.05, 0.1) is 5.69 Å². The van der Waals surface area contributed by atoms with Gasteiger partial charge in [0.25, 0.3) is 0 Å². The fraction of sp³-hybridized carbons (Fsp3) is 0.375. The molecule has 5 nitrogen and oxygen atoms in total. The topological polar surface area (TPSA) is 76.4 Å². The van der Waals surface area contributed by atoms with Crippen LogP contribution in [0.5, 0.6) is 0 Å². The van der Waals surface area contributed by atoms with Crippen LogP contribution in [0.2, 0.25) is 0 Å². The predicted molar refractivity (Wildman–Crippen MR) is 85.0 cm³/mol. The van der Waals surface area contributed by atoms with E-state index in [0.717, 1.165) is 11.3 Å². The van der Waals surface area contributed by atoms with Gasteiger partial charge in [-0.05, 0) is 45.0 Å². The lowest BCUT2D eigenvalue weighted by atomic mass is 10.1. The number of benzene rings is 1. The average molecular weight is 304 g/mol. The van der Waals surface area contributed by atoms with Crippen molar-refractivity contribution in [3.63, 3.8) is 0 Å². The molecule has 0 aliphatic rings. The normalized spacial score (nSPS) is 12.5. The first kappa shape index (κ1) is 16.0. The molecular formula is C16H21FN4O. The minimum absolute atomic E-state index is 0.114. The van der Waals surface area contributed by atoms with Gasteiger partial charge in [-0.1, -0.05) is 0 Å². The maximum Gasteiger partial charge on any atom is 0.226 e. The molecule has 6 heteroatoms. The molecule has 0 aliphatic carbocycles. The number of aliphatic imine (C=N–C) groups is 1. The van der Waals surface area contributed by atoms with Crippen LogP contribution >= 0.6 is 0 Å². The van der Waals surface area contributed by atoms with E-state index in [1.165, 1.54) is 12.1 Å². The molecule has 0 radical (unpaired) electrons. The van der Waals surface area contributed by atoms with Crippen molar-refractivity contribution >= 4 is 5.96 Å². The molecule has 0 spiro atoms. The second kappa shape index (κ2) is 6.60. The summed E-state index contributed by atoms with van der Waals surface area (Å²) in [4.78, 5) is 8.61. The average Bonchev–Trinajstić information content (AvgIpc) is 2.86. The second-order valence-electron chi connectivity index (χ2n) is 6.04. The Kier molecular flexibility index (Phi) is 4.80. The zero-order valence-corrected chi connectivity index (χ0v) is 13.1. The summed E-state index contributed by atoms with van der Waals surface area (Å²) in [5.74, 6) is 0.598. The van der Waals surface area contributed by atoms with Gasteiger partial charge in [-0.15, -0.1) is 0 Å². The number of guanidine groups is 1. The van der Waals surface area contributed by atoms with Crippen molar-refractivity contribution in [3.05, 3.63) is 42.0 Å². The quantitative estimate of drug-likeness (QED) is 0.672. The fourth-order valence-corrected chi connectivity index (χ4v) is 1.86. The predicted octanol–water partition coefficient (Wildman–Crippen LogP) is 2.73. The van der Waals surface area contributed by atoms with Crippen LogP contribution in [0, 0.1) is 5.82 Å². The van der Waals surface area contributed by atoms with Gasteiger partial charge in [0.1, 0.15) is 12.1 Å². The summed E-state index contributed by atoms with van der Waals surface area (Å²) in [6, 6.07) is 6.02. The molecule has 0 amide bonds. The molecule has 22 heavy (non-hydrogen) atoms. The SMILES string of the molecule is CC(C)(C)NC(N)=NCCc1coc(-c2ccc(F)cc2)n1. The monoisotopic (exact) mass is 304 g/mol. The molecule has 1 aromatic carbocycles. The van der Waals surface area contributed by atoms with E-state index in [9.17, 15) is 4.39 Å². The number of hydrogen-bond acceptors (Lipinski definition) is 3. The summed E-state index contributed by atoms with van der Waals surface area (Å²) in [5.41, 5.74) is 7.20. The smallest absolute Gasteiger partial charge is 0.226 e. The number of nitrogens with two attached hydrogens (primary N) is 1. The first-order valence-electron chi connectivity index (χ1n) is 7.12. The number of rotatable bonds is 4. The van der Waals surface area contributed by atoms with Crippen molar-refractivity contribution in [2.24, 2.45) is 10.7 Å². The van der Waals surface area contributed by atoms with E-state index in [-0.39, 0.29) is 11.4 Å². The Morgan fingerprint density at radius 1 is 1.32 bits per heavy atom. The Balaban J connectivity index is 1.92. The van der Waals surface area contributed by atoms with Gasteiger partial charge in [0, 0.05) is 24.1 Å². The van der Waals surface area contributed by atoms with Crippen LogP contribution in [-0.2, 0) is 6.42 Å². The Bertz CT molecular complexity index is 641. The molecule has 0 atom stereocenters. The fourth-order valence-electron chi connectivity index (χ4n) is 1.86. The molecule has 0 unspecified atom stereocenters. The number of oxazole rings is 1. The highest BCUT2D eigenvalue weighted by molar-refractivity contribution is 5.78. The molecular weight excluding hydrogens is 283 g/mol. The van der Waals surface area contributed by atoms with Crippen molar-refractivity contribution in [1.82, 2.24) is 10.3 Å². The maximum atomic E-state index is 12.9. The zero-order chi connectivity index (χ0) is 16.2. The molecule has 0 fully saturated rings. The molecule has 0 bridgehead atoms. The summed E-state index contributed by atoms with van der Waals surface area (Å²) in [5, 5.41) is 3.09. The maximum absolute atomic E-state index is 12.9. The highest BCUT2D eigenvalue weighted by Crippen LogP contribution is 2.19. The van der Waals surface area contributed by atoms with Crippen molar-refractivity contribution in [3.8, 4) is 11.5 Å². The van der Waals surface area contributed by atoms with Gasteiger partial charge in [-0.3, -0.25) is 4.99 Å². The Morgan fingerprint density at radius 2 is 2.00 bits per heavy atom. The van der Waals surface area contributed by atoms with Crippen LogP contribution in [0.4, 0.5) is 4.39 Å². The molecule has 0 aliphatic heterocycles. The van der Waals surface area contributed by atoms with Crippen LogP contribution < -0.4 is 11.1 Å². The highest BCUT2D eigenvalue weighted by Gasteiger charge is 2.10. The van der Waals surface area contributed by atoms with E-state index >= 15 is 0 Å². The molecule has 0 saturated carbocycles. The van der Waals surface area contributed by atoms with E-state index in [0.29, 0.717) is 24.8 Å². The summed E-state index contributed by atoms with van der Waals surface area (Å²) < 4.78 is 18.3.